The molecule has 0 aliphatic heterocycles. The maximum atomic E-state index is 12.0. The largest absolute Gasteiger partial charge is 0.299 e. The van der Waals surface area contributed by atoms with Crippen LogP contribution in [-0.4, -0.2) is 5.78 Å². The second kappa shape index (κ2) is 3.36. The number of carbonyl (C=O) groups excluding carboxylic acids is 1. The van der Waals surface area contributed by atoms with E-state index in [0.29, 0.717) is 29.0 Å². The van der Waals surface area contributed by atoms with Gasteiger partial charge in [-0.3, -0.25) is 4.79 Å². The molecule has 0 radical (unpaired) electrons. The summed E-state index contributed by atoms with van der Waals surface area (Å²) in [4.78, 5) is 12.0. The van der Waals surface area contributed by atoms with Crippen LogP contribution in [0.4, 0.5) is 0 Å². The molecule has 14 heavy (non-hydrogen) atoms. The summed E-state index contributed by atoms with van der Waals surface area (Å²) in [7, 11) is 0. The third kappa shape index (κ3) is 1.51. The van der Waals surface area contributed by atoms with Crippen LogP contribution in [0.15, 0.2) is 0 Å². The molecule has 2 rings (SSSR count). The molecule has 1 heteroatoms. The lowest BCUT2D eigenvalue weighted by Crippen LogP contribution is -2.44. The average molecular weight is 194 g/mol. The first kappa shape index (κ1) is 10.2. The fraction of sp³-hybridized carbons (Fsp3) is 0.923. The van der Waals surface area contributed by atoms with E-state index in [1.54, 1.807) is 0 Å². The molecule has 0 heterocycles. The van der Waals surface area contributed by atoms with E-state index in [4.69, 9.17) is 0 Å². The average Bonchev–Trinajstić information content (AvgIpc) is 2.11. The van der Waals surface area contributed by atoms with Crippen molar-refractivity contribution < 1.29 is 4.79 Å². The van der Waals surface area contributed by atoms with Gasteiger partial charge in [0.2, 0.25) is 0 Å². The van der Waals surface area contributed by atoms with Crippen molar-refractivity contribution in [2.45, 2.75) is 52.9 Å². The summed E-state index contributed by atoms with van der Waals surface area (Å²) < 4.78 is 0. The highest BCUT2D eigenvalue weighted by atomic mass is 16.1. The van der Waals surface area contributed by atoms with Crippen molar-refractivity contribution >= 4 is 5.78 Å². The Kier molecular flexibility index (Phi) is 2.45. The number of ketones is 1. The molecule has 2 saturated carbocycles. The lowest BCUT2D eigenvalue weighted by Gasteiger charge is -2.47. The van der Waals surface area contributed by atoms with Gasteiger partial charge in [-0.2, -0.15) is 0 Å². The smallest absolute Gasteiger partial charge is 0.139 e. The van der Waals surface area contributed by atoms with Crippen LogP contribution in [0.25, 0.3) is 0 Å². The van der Waals surface area contributed by atoms with Gasteiger partial charge in [-0.05, 0) is 37.0 Å². The van der Waals surface area contributed by atoms with E-state index >= 15 is 0 Å². The molecule has 0 N–H and O–H groups in total. The van der Waals surface area contributed by atoms with Crippen LogP contribution >= 0.6 is 0 Å². The molecule has 0 bridgehead atoms. The van der Waals surface area contributed by atoms with Gasteiger partial charge in [0.25, 0.3) is 0 Å². The topological polar surface area (TPSA) is 17.1 Å². The zero-order valence-electron chi connectivity index (χ0n) is 9.68. The van der Waals surface area contributed by atoms with Gasteiger partial charge in [-0.1, -0.05) is 27.2 Å². The Hall–Kier alpha value is -0.330. The highest BCUT2D eigenvalue weighted by molar-refractivity contribution is 5.84. The second-order valence-electron chi connectivity index (χ2n) is 5.97. The van der Waals surface area contributed by atoms with Crippen molar-refractivity contribution in [3.63, 3.8) is 0 Å². The summed E-state index contributed by atoms with van der Waals surface area (Å²) in [6, 6.07) is 0. The molecule has 80 valence electrons. The fourth-order valence-electron chi connectivity index (χ4n) is 3.58. The molecule has 0 spiro atoms. The SMILES string of the molecule is CC1CCC2C(CCCC2(C)C)C1=O. The molecule has 2 aliphatic rings. The predicted octanol–water partition coefficient (Wildman–Crippen LogP) is 3.43. The number of rotatable bonds is 0. The van der Waals surface area contributed by atoms with E-state index in [-0.39, 0.29) is 0 Å². The maximum Gasteiger partial charge on any atom is 0.139 e. The second-order valence-corrected chi connectivity index (χ2v) is 5.97. The van der Waals surface area contributed by atoms with Gasteiger partial charge < -0.3 is 0 Å². The lowest BCUT2D eigenvalue weighted by atomic mass is 9.57. The van der Waals surface area contributed by atoms with E-state index in [1.807, 2.05) is 0 Å². The van der Waals surface area contributed by atoms with E-state index in [2.05, 4.69) is 20.8 Å². The van der Waals surface area contributed by atoms with Crippen molar-refractivity contribution in [3.8, 4) is 0 Å². The van der Waals surface area contributed by atoms with E-state index in [0.717, 1.165) is 12.8 Å². The standard InChI is InChI=1S/C13H22O/c1-9-6-7-11-10(12(9)14)5-4-8-13(11,2)3/h9-11H,4-8H2,1-3H3. The van der Waals surface area contributed by atoms with E-state index in [1.165, 1.54) is 19.3 Å². The Morgan fingerprint density at radius 2 is 1.93 bits per heavy atom. The first-order chi connectivity index (χ1) is 6.52. The molecule has 2 aliphatic carbocycles. The first-order valence-corrected chi connectivity index (χ1v) is 6.06. The van der Waals surface area contributed by atoms with Crippen LogP contribution in [0, 0.1) is 23.2 Å². The lowest BCUT2D eigenvalue weighted by molar-refractivity contribution is -0.136. The number of hydrogen-bond acceptors (Lipinski definition) is 1. The highest BCUT2D eigenvalue weighted by Crippen LogP contribution is 2.50. The van der Waals surface area contributed by atoms with Crippen LogP contribution in [0.2, 0.25) is 0 Å². The van der Waals surface area contributed by atoms with Gasteiger partial charge >= 0.3 is 0 Å². The number of fused-ring (bicyclic) bond motifs is 1. The van der Waals surface area contributed by atoms with Crippen LogP contribution in [-0.2, 0) is 4.79 Å². The molecule has 1 nitrogen and oxygen atoms in total. The minimum Gasteiger partial charge on any atom is -0.299 e. The molecule has 0 amide bonds. The summed E-state index contributed by atoms with van der Waals surface area (Å²) in [5.41, 5.74) is 0.415. The molecule has 3 unspecified atom stereocenters. The van der Waals surface area contributed by atoms with Gasteiger partial charge in [0.05, 0.1) is 0 Å². The Labute approximate surface area is 87.3 Å². The first-order valence-electron chi connectivity index (χ1n) is 6.06. The van der Waals surface area contributed by atoms with Crippen molar-refractivity contribution in [1.82, 2.24) is 0 Å². The van der Waals surface area contributed by atoms with Gasteiger partial charge in [-0.15, -0.1) is 0 Å². The number of Topliss-reactive ketones (excluding diaryl/α,β-unsaturated/α-hetero) is 1. The fourth-order valence-corrected chi connectivity index (χ4v) is 3.58. The van der Waals surface area contributed by atoms with Crippen LogP contribution < -0.4 is 0 Å². The van der Waals surface area contributed by atoms with Crippen LogP contribution in [0.5, 0.6) is 0 Å². The van der Waals surface area contributed by atoms with Gasteiger partial charge in [0.1, 0.15) is 5.78 Å². The Balaban J connectivity index is 2.20. The summed E-state index contributed by atoms with van der Waals surface area (Å²) in [6.45, 7) is 6.82. The number of carbonyl (C=O) groups is 1. The zero-order chi connectivity index (χ0) is 10.3. The van der Waals surface area contributed by atoms with E-state index < -0.39 is 0 Å². The molecule has 3 atom stereocenters. The number of hydrogen-bond donors (Lipinski definition) is 0. The molecule has 0 aromatic heterocycles. The predicted molar refractivity (Wildman–Crippen MR) is 58.0 cm³/mol. The zero-order valence-corrected chi connectivity index (χ0v) is 9.68. The minimum absolute atomic E-state index is 0.338. The Bertz CT molecular complexity index is 242. The van der Waals surface area contributed by atoms with Gasteiger partial charge in [0.15, 0.2) is 0 Å². The van der Waals surface area contributed by atoms with Crippen LogP contribution in [0.1, 0.15) is 52.9 Å². The summed E-state index contributed by atoms with van der Waals surface area (Å²) in [5, 5.41) is 0. The normalized spacial score (nSPS) is 41.9. The van der Waals surface area contributed by atoms with Crippen molar-refractivity contribution in [3.05, 3.63) is 0 Å². The minimum atomic E-state index is 0.338. The highest BCUT2D eigenvalue weighted by Gasteiger charge is 2.45. The molecular formula is C13H22O. The molecule has 0 saturated heterocycles. The third-order valence-corrected chi connectivity index (χ3v) is 4.59. The maximum absolute atomic E-state index is 12.0. The van der Waals surface area contributed by atoms with Gasteiger partial charge in [0, 0.05) is 11.8 Å². The Morgan fingerprint density at radius 1 is 1.21 bits per heavy atom. The third-order valence-electron chi connectivity index (χ3n) is 4.59. The summed E-state index contributed by atoms with van der Waals surface area (Å²) in [6.07, 6.45) is 6.15. The molecular weight excluding hydrogens is 172 g/mol. The molecule has 0 aromatic carbocycles. The van der Waals surface area contributed by atoms with Crippen LogP contribution in [0.3, 0.4) is 0 Å². The Morgan fingerprint density at radius 3 is 2.64 bits per heavy atom. The summed E-state index contributed by atoms with van der Waals surface area (Å²) >= 11 is 0. The quantitative estimate of drug-likeness (QED) is 0.577. The van der Waals surface area contributed by atoms with Gasteiger partial charge in [-0.25, -0.2) is 0 Å². The summed E-state index contributed by atoms with van der Waals surface area (Å²) in [5.74, 6) is 1.99. The van der Waals surface area contributed by atoms with Crippen molar-refractivity contribution in [1.29, 1.82) is 0 Å². The monoisotopic (exact) mass is 194 g/mol. The molecule has 2 fully saturated rings. The van der Waals surface area contributed by atoms with Crippen molar-refractivity contribution in [2.75, 3.05) is 0 Å². The van der Waals surface area contributed by atoms with E-state index in [9.17, 15) is 4.79 Å². The van der Waals surface area contributed by atoms with Crippen molar-refractivity contribution in [2.24, 2.45) is 23.2 Å². The molecule has 0 aromatic rings.